The van der Waals surface area contributed by atoms with Crippen LogP contribution >= 0.6 is 0 Å². The van der Waals surface area contributed by atoms with Crippen LogP contribution in [-0.4, -0.2) is 44.9 Å². The molecule has 4 rings (SSSR count). The Kier molecular flexibility index (Phi) is 3.22. The minimum Gasteiger partial charge on any atom is -0.336 e. The Morgan fingerprint density at radius 2 is 2.09 bits per heavy atom. The normalized spacial score (nSPS) is 14.1. The molecule has 3 heterocycles. The Bertz CT molecular complexity index is 812. The van der Waals surface area contributed by atoms with Crippen molar-refractivity contribution in [2.45, 2.75) is 25.9 Å². The van der Waals surface area contributed by atoms with Gasteiger partial charge in [0, 0.05) is 30.5 Å². The molecule has 0 radical (unpaired) electrons. The molecule has 22 heavy (non-hydrogen) atoms. The van der Waals surface area contributed by atoms with Gasteiger partial charge < -0.3 is 14.0 Å². The van der Waals surface area contributed by atoms with Gasteiger partial charge in [-0.05, 0) is 38.6 Å². The lowest BCUT2D eigenvalue weighted by Crippen LogP contribution is -2.19. The maximum atomic E-state index is 4.42. The van der Waals surface area contributed by atoms with Crippen molar-refractivity contribution in [2.24, 2.45) is 0 Å². The van der Waals surface area contributed by atoms with Crippen LogP contribution in [0, 0.1) is 0 Å². The summed E-state index contributed by atoms with van der Waals surface area (Å²) in [4.78, 5) is 2.22. The number of benzene rings is 1. The van der Waals surface area contributed by atoms with Gasteiger partial charge in [0.05, 0.1) is 5.69 Å². The molecule has 0 aliphatic carbocycles. The number of hydrogen-bond acceptors (Lipinski definition) is 3. The number of rotatable bonds is 3. The lowest BCUT2D eigenvalue weighted by Gasteiger charge is -2.14. The third kappa shape index (κ3) is 2.04. The van der Waals surface area contributed by atoms with Gasteiger partial charge in [0.15, 0.2) is 5.82 Å². The van der Waals surface area contributed by atoms with Crippen molar-refractivity contribution in [1.29, 1.82) is 0 Å². The standard InChI is InChI=1S/C17H21N5/c1-20(2)10-11-22-15-8-4-3-6-13(15)14-7-5-9-21-12-18-19-17(21)16(14)22/h3-4,6,8,12H,5,7,9-11H2,1-2H3. The molecule has 0 bridgehead atoms. The van der Waals surface area contributed by atoms with Crippen molar-refractivity contribution in [3.05, 3.63) is 36.2 Å². The second kappa shape index (κ2) is 5.25. The molecule has 2 aromatic heterocycles. The number of hydrogen-bond donors (Lipinski definition) is 0. The second-order valence-electron chi connectivity index (χ2n) is 6.25. The van der Waals surface area contributed by atoms with Crippen LogP contribution < -0.4 is 0 Å². The Hall–Kier alpha value is -2.14. The summed E-state index contributed by atoms with van der Waals surface area (Å²) in [7, 11) is 4.24. The van der Waals surface area contributed by atoms with E-state index in [2.05, 4.69) is 62.6 Å². The Balaban J connectivity index is 1.98. The van der Waals surface area contributed by atoms with Crippen LogP contribution in [0.3, 0.4) is 0 Å². The first-order chi connectivity index (χ1) is 10.8. The molecule has 0 unspecified atom stereocenters. The van der Waals surface area contributed by atoms with Crippen molar-refractivity contribution in [2.75, 3.05) is 20.6 Å². The summed E-state index contributed by atoms with van der Waals surface area (Å²) in [5, 5.41) is 9.93. The van der Waals surface area contributed by atoms with Gasteiger partial charge in [0.2, 0.25) is 0 Å². The molecule has 5 nitrogen and oxygen atoms in total. The van der Waals surface area contributed by atoms with E-state index in [-0.39, 0.29) is 0 Å². The van der Waals surface area contributed by atoms with E-state index in [9.17, 15) is 0 Å². The van der Waals surface area contributed by atoms with Crippen LogP contribution in [0.2, 0.25) is 0 Å². The van der Waals surface area contributed by atoms with E-state index in [0.717, 1.165) is 38.3 Å². The van der Waals surface area contributed by atoms with Gasteiger partial charge >= 0.3 is 0 Å². The van der Waals surface area contributed by atoms with E-state index in [0.29, 0.717) is 0 Å². The van der Waals surface area contributed by atoms with Gasteiger partial charge in [-0.25, -0.2) is 0 Å². The first-order valence-electron chi connectivity index (χ1n) is 7.88. The molecule has 114 valence electrons. The molecule has 1 aliphatic rings. The van der Waals surface area contributed by atoms with Gasteiger partial charge in [-0.15, -0.1) is 10.2 Å². The summed E-state index contributed by atoms with van der Waals surface area (Å²) >= 11 is 0. The SMILES string of the molecule is CN(C)CCn1c2c(c3ccccc31)CCCn1cnnc1-2. The fraction of sp³-hybridized carbons (Fsp3) is 0.412. The van der Waals surface area contributed by atoms with E-state index >= 15 is 0 Å². The predicted molar refractivity (Wildman–Crippen MR) is 87.8 cm³/mol. The monoisotopic (exact) mass is 295 g/mol. The number of fused-ring (bicyclic) bond motifs is 5. The molecule has 1 aromatic carbocycles. The fourth-order valence-corrected chi connectivity index (χ4v) is 3.44. The number of aryl methyl sites for hydroxylation is 2. The van der Waals surface area contributed by atoms with Crippen molar-refractivity contribution in [3.63, 3.8) is 0 Å². The van der Waals surface area contributed by atoms with E-state index in [1.807, 2.05) is 6.33 Å². The fourth-order valence-electron chi connectivity index (χ4n) is 3.44. The van der Waals surface area contributed by atoms with Gasteiger partial charge in [0.25, 0.3) is 0 Å². The van der Waals surface area contributed by atoms with Gasteiger partial charge in [-0.2, -0.15) is 0 Å². The summed E-state index contributed by atoms with van der Waals surface area (Å²) in [5.74, 6) is 1.02. The maximum absolute atomic E-state index is 4.42. The highest BCUT2D eigenvalue weighted by atomic mass is 15.3. The van der Waals surface area contributed by atoms with Gasteiger partial charge in [-0.3, -0.25) is 0 Å². The van der Waals surface area contributed by atoms with Crippen LogP contribution in [0.15, 0.2) is 30.6 Å². The Morgan fingerprint density at radius 3 is 2.95 bits per heavy atom. The van der Waals surface area contributed by atoms with E-state index in [4.69, 9.17) is 0 Å². The zero-order valence-corrected chi connectivity index (χ0v) is 13.2. The molecule has 0 N–H and O–H groups in total. The number of aromatic nitrogens is 4. The average Bonchev–Trinajstić information content (AvgIpc) is 3.04. The molecule has 1 aliphatic heterocycles. The molecule has 0 spiro atoms. The average molecular weight is 295 g/mol. The van der Waals surface area contributed by atoms with Crippen LogP contribution in [0.25, 0.3) is 22.4 Å². The van der Waals surface area contributed by atoms with E-state index < -0.39 is 0 Å². The van der Waals surface area contributed by atoms with Crippen LogP contribution in [-0.2, 0) is 19.5 Å². The molecular formula is C17H21N5. The molecule has 3 aromatic rings. The van der Waals surface area contributed by atoms with Crippen molar-refractivity contribution >= 4 is 10.9 Å². The van der Waals surface area contributed by atoms with Crippen molar-refractivity contribution < 1.29 is 0 Å². The van der Waals surface area contributed by atoms with Crippen molar-refractivity contribution in [1.82, 2.24) is 24.2 Å². The van der Waals surface area contributed by atoms with E-state index in [1.165, 1.54) is 22.2 Å². The first kappa shape index (κ1) is 13.5. The van der Waals surface area contributed by atoms with Crippen molar-refractivity contribution in [3.8, 4) is 11.5 Å². The minimum absolute atomic E-state index is 0.968. The zero-order chi connectivity index (χ0) is 15.1. The second-order valence-corrected chi connectivity index (χ2v) is 6.25. The third-order valence-electron chi connectivity index (χ3n) is 4.50. The van der Waals surface area contributed by atoms with Crippen LogP contribution in [0.4, 0.5) is 0 Å². The van der Waals surface area contributed by atoms with Gasteiger partial charge in [-0.1, -0.05) is 18.2 Å². The summed E-state index contributed by atoms with van der Waals surface area (Å²) in [6.45, 7) is 2.98. The Labute approximate surface area is 130 Å². The molecule has 0 fully saturated rings. The number of para-hydroxylation sites is 1. The summed E-state index contributed by atoms with van der Waals surface area (Å²) in [5.41, 5.74) is 4.00. The molecular weight excluding hydrogens is 274 g/mol. The minimum atomic E-state index is 0.968. The molecule has 5 heteroatoms. The molecule has 0 amide bonds. The number of likely N-dealkylation sites (N-methyl/N-ethyl adjacent to an activating group) is 1. The lowest BCUT2D eigenvalue weighted by molar-refractivity contribution is 0.387. The highest BCUT2D eigenvalue weighted by Gasteiger charge is 2.24. The highest BCUT2D eigenvalue weighted by molar-refractivity contribution is 5.91. The van der Waals surface area contributed by atoms with Crippen LogP contribution in [0.5, 0.6) is 0 Å². The van der Waals surface area contributed by atoms with Gasteiger partial charge in [0.1, 0.15) is 6.33 Å². The quantitative estimate of drug-likeness (QED) is 0.745. The highest BCUT2D eigenvalue weighted by Crippen LogP contribution is 2.35. The van der Waals surface area contributed by atoms with E-state index in [1.54, 1.807) is 0 Å². The topological polar surface area (TPSA) is 38.9 Å². The summed E-state index contributed by atoms with van der Waals surface area (Å²) in [6, 6.07) is 8.72. The number of nitrogens with zero attached hydrogens (tertiary/aromatic N) is 5. The summed E-state index contributed by atoms with van der Waals surface area (Å²) < 4.78 is 4.62. The molecule has 0 atom stereocenters. The maximum Gasteiger partial charge on any atom is 0.180 e. The lowest BCUT2D eigenvalue weighted by atomic mass is 10.1. The third-order valence-corrected chi connectivity index (χ3v) is 4.50. The summed E-state index contributed by atoms with van der Waals surface area (Å²) in [6.07, 6.45) is 4.10. The zero-order valence-electron chi connectivity index (χ0n) is 13.2. The molecule has 0 saturated carbocycles. The Morgan fingerprint density at radius 1 is 1.23 bits per heavy atom. The molecule has 0 saturated heterocycles. The predicted octanol–water partition coefficient (Wildman–Crippen LogP) is 2.41. The largest absolute Gasteiger partial charge is 0.336 e. The van der Waals surface area contributed by atoms with Crippen LogP contribution in [0.1, 0.15) is 12.0 Å². The smallest absolute Gasteiger partial charge is 0.180 e. The first-order valence-corrected chi connectivity index (χ1v) is 7.88.